The Morgan fingerprint density at radius 3 is 3.15 bits per heavy atom. The summed E-state index contributed by atoms with van der Waals surface area (Å²) in [6.45, 7) is 2.02. The van der Waals surface area contributed by atoms with Crippen molar-refractivity contribution < 1.29 is 14.2 Å². The van der Waals surface area contributed by atoms with Crippen LogP contribution in [0.2, 0.25) is 0 Å². The van der Waals surface area contributed by atoms with Gasteiger partial charge in [-0.3, -0.25) is 0 Å². The number of aromatic amines is 1. The van der Waals surface area contributed by atoms with E-state index in [1.54, 1.807) is 6.92 Å². The van der Waals surface area contributed by atoms with Crippen LogP contribution in [-0.4, -0.2) is 32.9 Å². The van der Waals surface area contributed by atoms with Crippen molar-refractivity contribution in [1.82, 2.24) is 20.3 Å². The predicted octanol–water partition coefficient (Wildman–Crippen LogP) is 0.123. The summed E-state index contributed by atoms with van der Waals surface area (Å²) in [5.74, 6) is -0.440. The molecule has 0 atom stereocenters. The molecule has 0 radical (unpaired) electrons. The number of ether oxygens (including phenoxy) is 1. The van der Waals surface area contributed by atoms with Crippen LogP contribution in [0.5, 0.6) is 0 Å². The molecule has 0 spiro atoms. The Morgan fingerprint density at radius 2 is 2.46 bits per heavy atom. The van der Waals surface area contributed by atoms with E-state index in [0.717, 1.165) is 0 Å². The van der Waals surface area contributed by atoms with E-state index in [0.29, 0.717) is 12.3 Å². The number of nitrogens with zero attached hydrogens (tertiary/aromatic N) is 3. The van der Waals surface area contributed by atoms with Crippen LogP contribution in [0.1, 0.15) is 17.5 Å². The fraction of sp³-hybridized carbons (Fsp3) is 0.333. The highest BCUT2D eigenvalue weighted by molar-refractivity contribution is 5.88. The van der Waals surface area contributed by atoms with Crippen molar-refractivity contribution in [2.24, 2.45) is 0 Å². The number of nitrogens with one attached hydrogen (secondary N) is 1. The summed E-state index contributed by atoms with van der Waals surface area (Å²) in [4.78, 5) is 17.5. The third-order valence-electron chi connectivity index (χ3n) is 1.39. The van der Waals surface area contributed by atoms with Crippen molar-refractivity contribution in [3.63, 3.8) is 0 Å². The first-order valence-corrected chi connectivity index (χ1v) is 3.66. The molecule has 7 nitrogen and oxygen atoms in total. The lowest BCUT2D eigenvalue weighted by atomic mass is 10.6. The topological polar surface area (TPSA) is 93.9 Å². The molecule has 0 fully saturated rings. The minimum Gasteiger partial charge on any atom is -0.460 e. The number of hydrogen-bond acceptors (Lipinski definition) is 6. The van der Waals surface area contributed by atoms with Crippen LogP contribution in [-0.2, 0) is 4.74 Å². The van der Waals surface area contributed by atoms with Crippen LogP contribution in [0, 0.1) is 0 Å². The van der Waals surface area contributed by atoms with Crippen LogP contribution in [0.25, 0.3) is 11.3 Å². The van der Waals surface area contributed by atoms with Crippen LogP contribution in [0.15, 0.2) is 4.63 Å². The Morgan fingerprint density at radius 1 is 1.62 bits per heavy atom. The van der Waals surface area contributed by atoms with Gasteiger partial charge in [0.15, 0.2) is 0 Å². The van der Waals surface area contributed by atoms with Gasteiger partial charge in [-0.15, -0.1) is 0 Å². The van der Waals surface area contributed by atoms with Gasteiger partial charge >= 0.3 is 5.97 Å². The summed E-state index contributed by atoms with van der Waals surface area (Å²) < 4.78 is 9.06. The van der Waals surface area contributed by atoms with Gasteiger partial charge < -0.3 is 9.72 Å². The second-order valence-corrected chi connectivity index (χ2v) is 2.24. The number of hydrogen-bond donors (Lipinski definition) is 1. The minimum absolute atomic E-state index is 0.0858. The van der Waals surface area contributed by atoms with E-state index >= 15 is 0 Å². The highest BCUT2D eigenvalue weighted by Crippen LogP contribution is 2.05. The highest BCUT2D eigenvalue weighted by atomic mass is 16.6. The molecule has 0 saturated heterocycles. The first-order valence-electron chi connectivity index (χ1n) is 3.66. The summed E-state index contributed by atoms with van der Waals surface area (Å²) in [6.07, 6.45) is 0. The Balaban J connectivity index is 2.34. The molecule has 2 aromatic rings. The molecule has 1 N–H and O–H groups in total. The number of imidazole rings is 1. The molecule has 2 aromatic heterocycles. The molecule has 0 bridgehead atoms. The van der Waals surface area contributed by atoms with Gasteiger partial charge in [-0.2, -0.15) is 4.98 Å². The van der Waals surface area contributed by atoms with Gasteiger partial charge in [0.1, 0.15) is 0 Å². The highest BCUT2D eigenvalue weighted by Gasteiger charge is 2.14. The van der Waals surface area contributed by atoms with Gasteiger partial charge in [0.05, 0.1) is 6.61 Å². The molecule has 0 aliphatic carbocycles. The molecule has 0 saturated carbocycles. The molecular formula is C6H6N4O3. The number of H-pyrrole nitrogens is 1. The third kappa shape index (κ3) is 1.24. The number of carbonyl (C=O) groups excluding carboxylic acids is 1. The fourth-order valence-electron chi connectivity index (χ4n) is 0.878. The summed E-state index contributed by atoms with van der Waals surface area (Å²) in [7, 11) is 0. The van der Waals surface area contributed by atoms with E-state index in [2.05, 4.69) is 24.9 Å². The molecule has 0 aliphatic rings. The van der Waals surface area contributed by atoms with E-state index in [1.807, 2.05) is 0 Å². The zero-order valence-electron chi connectivity index (χ0n) is 6.77. The Bertz CT molecular complexity index is 403. The maximum atomic E-state index is 11.1. The Labute approximate surface area is 72.0 Å². The maximum absolute atomic E-state index is 11.1. The molecule has 2 heterocycles. The number of rotatable bonds is 2. The Kier molecular flexibility index (Phi) is 1.69. The zero-order valence-corrected chi connectivity index (χ0v) is 6.77. The molecular weight excluding hydrogens is 176 g/mol. The molecule has 68 valence electrons. The van der Waals surface area contributed by atoms with E-state index < -0.39 is 5.97 Å². The summed E-state index contributed by atoms with van der Waals surface area (Å²) in [5, 5.41) is 6.92. The Hall–Kier alpha value is -1.92. The SMILES string of the molecule is CCOC(=O)c1nc2nonc2[nH]1. The van der Waals surface area contributed by atoms with Crippen LogP contribution in [0.4, 0.5) is 0 Å². The van der Waals surface area contributed by atoms with Gasteiger partial charge in [0.2, 0.25) is 17.1 Å². The summed E-state index contributed by atoms with van der Waals surface area (Å²) >= 11 is 0. The van der Waals surface area contributed by atoms with Crippen LogP contribution in [0.3, 0.4) is 0 Å². The normalized spacial score (nSPS) is 10.5. The van der Waals surface area contributed by atoms with Crippen LogP contribution >= 0.6 is 0 Å². The number of esters is 1. The number of aromatic nitrogens is 4. The standard InChI is InChI=1S/C6H6N4O3/c1-2-12-6(11)5-7-3-4(8-5)10-13-9-3/h2H2,1H3,(H,7,8,9,10). The molecule has 0 unspecified atom stereocenters. The first kappa shape index (κ1) is 7.71. The van der Waals surface area contributed by atoms with E-state index in [4.69, 9.17) is 4.74 Å². The second kappa shape index (κ2) is 2.85. The minimum atomic E-state index is -0.526. The van der Waals surface area contributed by atoms with Gasteiger partial charge in [0, 0.05) is 0 Å². The lowest BCUT2D eigenvalue weighted by Gasteiger charge is -1.95. The third-order valence-corrected chi connectivity index (χ3v) is 1.39. The first-order chi connectivity index (χ1) is 6.31. The lowest BCUT2D eigenvalue weighted by Crippen LogP contribution is -2.06. The second-order valence-electron chi connectivity index (χ2n) is 2.24. The van der Waals surface area contributed by atoms with Gasteiger partial charge in [0.25, 0.3) is 0 Å². The predicted molar refractivity (Wildman–Crippen MR) is 39.9 cm³/mol. The number of fused-ring (bicyclic) bond motifs is 1. The van der Waals surface area contributed by atoms with Crippen molar-refractivity contribution in [2.45, 2.75) is 6.92 Å². The fourth-order valence-corrected chi connectivity index (χ4v) is 0.878. The van der Waals surface area contributed by atoms with Gasteiger partial charge in [-0.25, -0.2) is 9.42 Å². The lowest BCUT2D eigenvalue weighted by molar-refractivity contribution is 0.0513. The van der Waals surface area contributed by atoms with Crippen molar-refractivity contribution in [2.75, 3.05) is 6.61 Å². The summed E-state index contributed by atoms with van der Waals surface area (Å²) in [5.41, 5.74) is 0.603. The smallest absolute Gasteiger partial charge is 0.374 e. The quantitative estimate of drug-likeness (QED) is 0.663. The molecule has 7 heteroatoms. The monoisotopic (exact) mass is 182 g/mol. The van der Waals surface area contributed by atoms with E-state index in [1.165, 1.54) is 0 Å². The number of carbonyl (C=O) groups is 1. The molecule has 0 amide bonds. The molecule has 13 heavy (non-hydrogen) atoms. The molecule has 0 aromatic carbocycles. The van der Waals surface area contributed by atoms with Crippen molar-refractivity contribution >= 4 is 17.3 Å². The average molecular weight is 182 g/mol. The molecule has 0 aliphatic heterocycles. The van der Waals surface area contributed by atoms with Crippen LogP contribution < -0.4 is 0 Å². The van der Waals surface area contributed by atoms with Gasteiger partial charge in [-0.1, -0.05) is 0 Å². The average Bonchev–Trinajstić information content (AvgIpc) is 2.61. The molecule has 2 rings (SSSR count). The van der Waals surface area contributed by atoms with E-state index in [9.17, 15) is 4.79 Å². The van der Waals surface area contributed by atoms with Crippen molar-refractivity contribution in [3.05, 3.63) is 5.82 Å². The zero-order chi connectivity index (χ0) is 9.26. The largest absolute Gasteiger partial charge is 0.460 e. The van der Waals surface area contributed by atoms with Gasteiger partial charge in [-0.05, 0) is 17.2 Å². The summed E-state index contributed by atoms with van der Waals surface area (Å²) in [6, 6.07) is 0. The van der Waals surface area contributed by atoms with E-state index in [-0.39, 0.29) is 11.5 Å². The van der Waals surface area contributed by atoms with Crippen molar-refractivity contribution in [3.8, 4) is 0 Å². The maximum Gasteiger partial charge on any atom is 0.374 e. The van der Waals surface area contributed by atoms with Crippen molar-refractivity contribution in [1.29, 1.82) is 0 Å².